The third-order valence-corrected chi connectivity index (χ3v) is 5.51. The molecule has 1 aromatic rings. The predicted octanol–water partition coefficient (Wildman–Crippen LogP) is 1.09. The van der Waals surface area contributed by atoms with Crippen LogP contribution in [0.2, 0.25) is 0 Å². The first-order valence-electron chi connectivity index (χ1n) is 11.4. The van der Waals surface area contributed by atoms with Crippen molar-refractivity contribution < 1.29 is 33.8 Å². The summed E-state index contributed by atoms with van der Waals surface area (Å²) in [4.78, 5) is 50.0. The fourth-order valence-corrected chi connectivity index (χ4v) is 3.77. The molecule has 0 aliphatic carbocycles. The molecular formula is C23H31N3O7. The van der Waals surface area contributed by atoms with E-state index < -0.39 is 29.7 Å². The molecule has 180 valence electrons. The van der Waals surface area contributed by atoms with Crippen molar-refractivity contribution in [2.45, 2.75) is 44.6 Å². The highest BCUT2D eigenvalue weighted by Gasteiger charge is 2.44. The zero-order chi connectivity index (χ0) is 23.6. The highest BCUT2D eigenvalue weighted by molar-refractivity contribution is 6.23. The van der Waals surface area contributed by atoms with Crippen LogP contribution in [0, 0.1) is 0 Å². The van der Waals surface area contributed by atoms with Gasteiger partial charge in [0.2, 0.25) is 11.8 Å². The molecule has 4 amide bonds. The van der Waals surface area contributed by atoms with Crippen LogP contribution in [0.5, 0.6) is 0 Å². The SMILES string of the molecule is O=C1CCC(N2C(=O)c3ccc(NCCCOCCCCOCCCO)cc3C2=O)C(=O)N1. The number of nitrogens with one attached hydrogen (secondary N) is 2. The average molecular weight is 462 g/mol. The summed E-state index contributed by atoms with van der Waals surface area (Å²) in [6.07, 6.45) is 3.50. The number of imide groups is 2. The van der Waals surface area contributed by atoms with E-state index in [9.17, 15) is 19.2 Å². The number of piperidine rings is 1. The van der Waals surface area contributed by atoms with Gasteiger partial charge >= 0.3 is 0 Å². The van der Waals surface area contributed by atoms with Crippen molar-refractivity contribution in [3.63, 3.8) is 0 Å². The zero-order valence-corrected chi connectivity index (χ0v) is 18.6. The first kappa shape index (κ1) is 24.8. The number of benzene rings is 1. The molecule has 1 atom stereocenters. The van der Waals surface area contributed by atoms with E-state index in [1.807, 2.05) is 0 Å². The van der Waals surface area contributed by atoms with Crippen LogP contribution in [0.25, 0.3) is 0 Å². The Morgan fingerprint density at radius 2 is 1.61 bits per heavy atom. The fourth-order valence-electron chi connectivity index (χ4n) is 3.77. The minimum Gasteiger partial charge on any atom is -0.396 e. The number of unbranched alkanes of at least 4 members (excludes halogenated alkanes) is 1. The predicted molar refractivity (Wildman–Crippen MR) is 119 cm³/mol. The second-order valence-corrected chi connectivity index (χ2v) is 8.00. The molecule has 2 heterocycles. The van der Waals surface area contributed by atoms with E-state index in [2.05, 4.69) is 10.6 Å². The molecule has 33 heavy (non-hydrogen) atoms. The van der Waals surface area contributed by atoms with E-state index in [1.54, 1.807) is 18.2 Å². The maximum Gasteiger partial charge on any atom is 0.262 e. The Kier molecular flexibility index (Phi) is 9.35. The standard InChI is InChI=1S/C23H31N3O7/c27-10-4-14-33-12-2-1-11-32-13-3-9-24-16-5-6-17-18(15-16)23(31)26(22(17)30)19-7-8-20(28)25-21(19)29/h5-6,15,19,24,27H,1-4,7-14H2,(H,25,28,29). The van der Waals surface area contributed by atoms with Gasteiger partial charge in [-0.1, -0.05) is 0 Å². The van der Waals surface area contributed by atoms with E-state index in [1.165, 1.54) is 0 Å². The summed E-state index contributed by atoms with van der Waals surface area (Å²) >= 11 is 0. The number of aliphatic hydroxyl groups is 1. The Balaban J connectivity index is 1.38. The van der Waals surface area contributed by atoms with Gasteiger partial charge in [0.05, 0.1) is 11.1 Å². The Bertz CT molecular complexity index is 874. The molecule has 0 bridgehead atoms. The van der Waals surface area contributed by atoms with Crippen LogP contribution in [0.4, 0.5) is 5.69 Å². The van der Waals surface area contributed by atoms with Crippen LogP contribution in [-0.4, -0.2) is 79.3 Å². The van der Waals surface area contributed by atoms with Crippen molar-refractivity contribution in [2.24, 2.45) is 0 Å². The maximum absolute atomic E-state index is 12.8. The van der Waals surface area contributed by atoms with Gasteiger partial charge in [-0.05, 0) is 50.3 Å². The number of rotatable bonds is 14. The molecule has 3 rings (SSSR count). The molecule has 1 saturated heterocycles. The maximum atomic E-state index is 12.8. The first-order valence-corrected chi connectivity index (χ1v) is 11.4. The number of hydrogen-bond acceptors (Lipinski definition) is 8. The second kappa shape index (κ2) is 12.4. The normalized spacial score (nSPS) is 18.0. The van der Waals surface area contributed by atoms with Crippen molar-refractivity contribution in [1.29, 1.82) is 0 Å². The van der Waals surface area contributed by atoms with Gasteiger partial charge in [-0.3, -0.25) is 29.4 Å². The molecule has 3 N–H and O–H groups in total. The Labute approximate surface area is 192 Å². The number of aliphatic hydroxyl groups excluding tert-OH is 1. The van der Waals surface area contributed by atoms with E-state index in [-0.39, 0.29) is 30.6 Å². The molecule has 10 heteroatoms. The van der Waals surface area contributed by atoms with Crippen LogP contribution < -0.4 is 10.6 Å². The van der Waals surface area contributed by atoms with Gasteiger partial charge in [0, 0.05) is 51.7 Å². The number of ether oxygens (including phenoxy) is 2. The quantitative estimate of drug-likeness (QED) is 0.277. The van der Waals surface area contributed by atoms with E-state index in [0.29, 0.717) is 45.1 Å². The Morgan fingerprint density at radius 1 is 0.939 bits per heavy atom. The van der Waals surface area contributed by atoms with Crippen LogP contribution >= 0.6 is 0 Å². The van der Waals surface area contributed by atoms with Crippen LogP contribution in [0.1, 0.15) is 59.2 Å². The molecule has 1 aromatic carbocycles. The minimum atomic E-state index is -0.962. The summed E-state index contributed by atoms with van der Waals surface area (Å²) in [5, 5.41) is 14.1. The fraction of sp³-hybridized carbons (Fsp3) is 0.565. The highest BCUT2D eigenvalue weighted by atomic mass is 16.5. The van der Waals surface area contributed by atoms with E-state index in [4.69, 9.17) is 14.6 Å². The summed E-state index contributed by atoms with van der Waals surface area (Å²) in [6.45, 7) is 3.31. The number of amides is 4. The number of fused-ring (bicyclic) bond motifs is 1. The lowest BCUT2D eigenvalue weighted by Crippen LogP contribution is -2.54. The number of carbonyl (C=O) groups excluding carboxylic acids is 4. The molecule has 0 saturated carbocycles. The van der Waals surface area contributed by atoms with Crippen LogP contribution in [0.15, 0.2) is 18.2 Å². The summed E-state index contributed by atoms with van der Waals surface area (Å²) in [5.74, 6) is -2.04. The monoisotopic (exact) mass is 461 g/mol. The lowest BCUT2D eigenvalue weighted by Gasteiger charge is -2.27. The van der Waals surface area contributed by atoms with Gasteiger partial charge in [-0.2, -0.15) is 0 Å². The van der Waals surface area contributed by atoms with Crippen molar-refractivity contribution >= 4 is 29.3 Å². The molecule has 0 aromatic heterocycles. The van der Waals surface area contributed by atoms with Gasteiger partial charge < -0.3 is 19.9 Å². The summed E-state index contributed by atoms with van der Waals surface area (Å²) in [5.41, 5.74) is 1.23. The lowest BCUT2D eigenvalue weighted by atomic mass is 10.0. The van der Waals surface area contributed by atoms with Crippen LogP contribution in [0.3, 0.4) is 0 Å². The summed E-state index contributed by atoms with van der Waals surface area (Å²) in [6, 6.07) is 3.98. The molecule has 2 aliphatic rings. The van der Waals surface area contributed by atoms with Crippen molar-refractivity contribution in [3.05, 3.63) is 29.3 Å². The number of anilines is 1. The summed E-state index contributed by atoms with van der Waals surface area (Å²) in [7, 11) is 0. The van der Waals surface area contributed by atoms with Gasteiger partial charge in [0.1, 0.15) is 6.04 Å². The average Bonchev–Trinajstić information content (AvgIpc) is 3.04. The molecule has 1 unspecified atom stereocenters. The Hall–Kier alpha value is -2.82. The van der Waals surface area contributed by atoms with Crippen molar-refractivity contribution in [3.8, 4) is 0 Å². The molecule has 0 spiro atoms. The zero-order valence-electron chi connectivity index (χ0n) is 18.6. The molecule has 2 aliphatic heterocycles. The molecule has 0 radical (unpaired) electrons. The lowest BCUT2D eigenvalue weighted by molar-refractivity contribution is -0.136. The van der Waals surface area contributed by atoms with Gasteiger partial charge in [0.15, 0.2) is 0 Å². The third-order valence-electron chi connectivity index (χ3n) is 5.51. The molecule has 1 fully saturated rings. The van der Waals surface area contributed by atoms with Crippen LogP contribution in [-0.2, 0) is 19.1 Å². The second-order valence-electron chi connectivity index (χ2n) is 8.00. The van der Waals surface area contributed by atoms with Gasteiger partial charge in [0.25, 0.3) is 11.8 Å². The number of carbonyl (C=O) groups is 4. The summed E-state index contributed by atoms with van der Waals surface area (Å²) < 4.78 is 11.0. The smallest absolute Gasteiger partial charge is 0.262 e. The Morgan fingerprint density at radius 3 is 2.30 bits per heavy atom. The third kappa shape index (κ3) is 6.59. The van der Waals surface area contributed by atoms with Gasteiger partial charge in [-0.25, -0.2) is 0 Å². The number of hydrogen-bond donors (Lipinski definition) is 3. The van der Waals surface area contributed by atoms with E-state index >= 15 is 0 Å². The topological polar surface area (TPSA) is 134 Å². The molecular weight excluding hydrogens is 430 g/mol. The first-order chi connectivity index (χ1) is 16.0. The van der Waals surface area contributed by atoms with E-state index in [0.717, 1.165) is 24.2 Å². The largest absolute Gasteiger partial charge is 0.396 e. The molecule has 10 nitrogen and oxygen atoms in total. The van der Waals surface area contributed by atoms with Gasteiger partial charge in [-0.15, -0.1) is 0 Å². The minimum absolute atomic E-state index is 0.0943. The van der Waals surface area contributed by atoms with Crippen molar-refractivity contribution in [1.82, 2.24) is 10.2 Å². The number of nitrogens with zero attached hydrogens (tertiary/aromatic N) is 1. The van der Waals surface area contributed by atoms with Crippen molar-refractivity contribution in [2.75, 3.05) is 44.9 Å². The highest BCUT2D eigenvalue weighted by Crippen LogP contribution is 2.29.